The molecule has 1 N–H and O–H groups in total. The highest BCUT2D eigenvalue weighted by Crippen LogP contribution is 2.34. The molecule has 0 unspecified atom stereocenters. The molecule has 0 saturated carbocycles. The van der Waals surface area contributed by atoms with Crippen LogP contribution in [0.3, 0.4) is 0 Å². The van der Waals surface area contributed by atoms with Crippen LogP contribution in [0, 0.1) is 6.92 Å². The molecule has 0 saturated heterocycles. The highest BCUT2D eigenvalue weighted by atomic mass is 32.2. The topological polar surface area (TPSA) is 20.2 Å². The number of hydrogen-bond acceptors (Lipinski definition) is 2. The van der Waals surface area contributed by atoms with Crippen molar-refractivity contribution in [3.63, 3.8) is 0 Å². The molecule has 0 aliphatic heterocycles. The monoisotopic (exact) mass is 244 g/mol. The summed E-state index contributed by atoms with van der Waals surface area (Å²) < 4.78 is 0. The van der Waals surface area contributed by atoms with Gasteiger partial charge in [-0.2, -0.15) is 0 Å². The summed E-state index contributed by atoms with van der Waals surface area (Å²) in [5, 5.41) is 9.58. The summed E-state index contributed by atoms with van der Waals surface area (Å²) >= 11 is 1.70. The van der Waals surface area contributed by atoms with Crippen molar-refractivity contribution < 1.29 is 5.11 Å². The van der Waals surface area contributed by atoms with Crippen molar-refractivity contribution >= 4 is 11.8 Å². The zero-order valence-electron chi connectivity index (χ0n) is 9.84. The van der Waals surface area contributed by atoms with E-state index in [4.69, 9.17) is 0 Å². The summed E-state index contributed by atoms with van der Waals surface area (Å²) in [4.78, 5) is 1.19. The smallest absolute Gasteiger partial charge is 0.0594 e. The second kappa shape index (κ2) is 5.89. The molecule has 2 aromatic carbocycles. The van der Waals surface area contributed by atoms with Gasteiger partial charge in [-0.05, 0) is 24.6 Å². The molecular formula is C15H16OS. The molecule has 2 aromatic rings. The first kappa shape index (κ1) is 12.2. The number of aryl methyl sites for hydroxylation is 1. The largest absolute Gasteiger partial charge is 0.395 e. The second-order valence-corrected chi connectivity index (χ2v) is 5.29. The minimum atomic E-state index is 0.110. The molecule has 0 radical (unpaired) electrons. The van der Waals surface area contributed by atoms with E-state index in [0.717, 1.165) is 0 Å². The lowest BCUT2D eigenvalue weighted by Gasteiger charge is -2.14. The number of benzene rings is 2. The van der Waals surface area contributed by atoms with E-state index in [1.165, 1.54) is 16.0 Å². The minimum absolute atomic E-state index is 0.110. The Morgan fingerprint density at radius 1 is 1.00 bits per heavy atom. The van der Waals surface area contributed by atoms with Crippen molar-refractivity contribution in [2.24, 2.45) is 0 Å². The van der Waals surface area contributed by atoms with E-state index in [-0.39, 0.29) is 11.9 Å². The Morgan fingerprint density at radius 2 is 1.65 bits per heavy atom. The third-order valence-corrected chi connectivity index (χ3v) is 3.89. The molecule has 2 heteroatoms. The number of aliphatic hydroxyl groups is 1. The van der Waals surface area contributed by atoms with Gasteiger partial charge >= 0.3 is 0 Å². The molecule has 88 valence electrons. The van der Waals surface area contributed by atoms with E-state index in [0.29, 0.717) is 0 Å². The predicted octanol–water partition coefficient (Wildman–Crippen LogP) is 3.82. The predicted molar refractivity (Wildman–Crippen MR) is 73.3 cm³/mol. The number of hydrogen-bond donors (Lipinski definition) is 1. The summed E-state index contributed by atoms with van der Waals surface area (Å²) in [6.45, 7) is 2.23. The molecule has 17 heavy (non-hydrogen) atoms. The lowest BCUT2D eigenvalue weighted by Crippen LogP contribution is -1.99. The van der Waals surface area contributed by atoms with Crippen LogP contribution in [-0.4, -0.2) is 11.7 Å². The molecule has 1 atom stereocenters. The van der Waals surface area contributed by atoms with Crippen molar-refractivity contribution in [2.75, 3.05) is 6.61 Å². The average molecular weight is 244 g/mol. The Bertz CT molecular complexity index is 450. The van der Waals surface area contributed by atoms with Crippen LogP contribution in [0.2, 0.25) is 0 Å². The van der Waals surface area contributed by atoms with Crippen LogP contribution in [0.25, 0.3) is 0 Å². The summed E-state index contributed by atoms with van der Waals surface area (Å²) in [5.41, 5.74) is 2.43. The van der Waals surface area contributed by atoms with Crippen LogP contribution in [0.15, 0.2) is 59.5 Å². The van der Waals surface area contributed by atoms with Gasteiger partial charge in [0.2, 0.25) is 0 Å². The number of thioether (sulfide) groups is 1. The second-order valence-electron chi connectivity index (χ2n) is 4.01. The van der Waals surface area contributed by atoms with E-state index in [1.807, 2.05) is 18.2 Å². The highest BCUT2D eigenvalue weighted by Gasteiger charge is 2.11. The van der Waals surface area contributed by atoms with Crippen molar-refractivity contribution in [2.45, 2.75) is 17.1 Å². The molecule has 0 spiro atoms. The van der Waals surface area contributed by atoms with Crippen LogP contribution in [0.1, 0.15) is 16.4 Å². The van der Waals surface area contributed by atoms with Gasteiger partial charge in [-0.15, -0.1) is 11.8 Å². The Morgan fingerprint density at radius 3 is 2.24 bits per heavy atom. The van der Waals surface area contributed by atoms with Gasteiger partial charge in [0.1, 0.15) is 0 Å². The normalized spacial score (nSPS) is 12.4. The number of aliphatic hydroxyl groups excluding tert-OH is 1. The summed E-state index contributed by atoms with van der Waals surface area (Å²) in [6, 6.07) is 18.5. The average Bonchev–Trinajstić information content (AvgIpc) is 2.39. The van der Waals surface area contributed by atoms with Gasteiger partial charge in [0.05, 0.1) is 11.9 Å². The van der Waals surface area contributed by atoms with E-state index >= 15 is 0 Å². The third kappa shape index (κ3) is 3.35. The van der Waals surface area contributed by atoms with Crippen LogP contribution >= 0.6 is 11.8 Å². The lowest BCUT2D eigenvalue weighted by molar-refractivity contribution is 0.296. The van der Waals surface area contributed by atoms with Gasteiger partial charge in [0.15, 0.2) is 0 Å². The van der Waals surface area contributed by atoms with Crippen LogP contribution in [0.4, 0.5) is 0 Å². The van der Waals surface area contributed by atoms with Crippen molar-refractivity contribution in [3.05, 3.63) is 65.7 Å². The molecule has 0 aliphatic carbocycles. The quantitative estimate of drug-likeness (QED) is 0.825. The lowest BCUT2D eigenvalue weighted by atomic mass is 10.2. The molecule has 2 rings (SSSR count). The van der Waals surface area contributed by atoms with E-state index in [1.54, 1.807) is 11.8 Å². The van der Waals surface area contributed by atoms with E-state index < -0.39 is 0 Å². The maximum absolute atomic E-state index is 9.47. The molecule has 0 aliphatic rings. The Hall–Kier alpha value is -1.25. The van der Waals surface area contributed by atoms with Crippen LogP contribution < -0.4 is 0 Å². The van der Waals surface area contributed by atoms with E-state index in [2.05, 4.69) is 43.3 Å². The Labute approximate surface area is 107 Å². The fourth-order valence-corrected chi connectivity index (χ4v) is 2.65. The molecule has 0 aromatic heterocycles. The van der Waals surface area contributed by atoms with Gasteiger partial charge < -0.3 is 5.11 Å². The standard InChI is InChI=1S/C15H16OS/c1-12-7-9-14(10-8-12)17-15(11-16)13-5-3-2-4-6-13/h2-10,15-16H,11H2,1H3/t15-/m1/s1. The van der Waals surface area contributed by atoms with Crippen LogP contribution in [-0.2, 0) is 0 Å². The van der Waals surface area contributed by atoms with E-state index in [9.17, 15) is 5.11 Å². The fraction of sp³-hybridized carbons (Fsp3) is 0.200. The summed E-state index contributed by atoms with van der Waals surface area (Å²) in [5.74, 6) is 0. The first-order valence-corrected chi connectivity index (χ1v) is 6.56. The molecule has 0 fully saturated rings. The molecular weight excluding hydrogens is 228 g/mol. The SMILES string of the molecule is Cc1ccc(S[C@H](CO)c2ccccc2)cc1. The zero-order chi connectivity index (χ0) is 12.1. The molecule has 0 amide bonds. The maximum atomic E-state index is 9.47. The Kier molecular flexibility index (Phi) is 4.24. The minimum Gasteiger partial charge on any atom is -0.395 e. The maximum Gasteiger partial charge on any atom is 0.0594 e. The summed E-state index contributed by atoms with van der Waals surface area (Å²) in [7, 11) is 0. The summed E-state index contributed by atoms with van der Waals surface area (Å²) in [6.07, 6.45) is 0. The molecule has 1 nitrogen and oxygen atoms in total. The fourth-order valence-electron chi connectivity index (χ4n) is 1.66. The van der Waals surface area contributed by atoms with Gasteiger partial charge in [-0.3, -0.25) is 0 Å². The first-order chi connectivity index (χ1) is 8.29. The van der Waals surface area contributed by atoms with Crippen LogP contribution in [0.5, 0.6) is 0 Å². The van der Waals surface area contributed by atoms with Gasteiger partial charge in [-0.1, -0.05) is 48.0 Å². The van der Waals surface area contributed by atoms with Gasteiger partial charge in [0, 0.05) is 4.90 Å². The first-order valence-electron chi connectivity index (χ1n) is 5.69. The van der Waals surface area contributed by atoms with Gasteiger partial charge in [-0.25, -0.2) is 0 Å². The highest BCUT2D eigenvalue weighted by molar-refractivity contribution is 7.99. The third-order valence-electron chi connectivity index (χ3n) is 2.64. The molecule has 0 bridgehead atoms. The van der Waals surface area contributed by atoms with Crippen molar-refractivity contribution in [1.82, 2.24) is 0 Å². The number of rotatable bonds is 4. The molecule has 0 heterocycles. The van der Waals surface area contributed by atoms with Crippen molar-refractivity contribution in [3.8, 4) is 0 Å². The van der Waals surface area contributed by atoms with Crippen molar-refractivity contribution in [1.29, 1.82) is 0 Å². The van der Waals surface area contributed by atoms with Gasteiger partial charge in [0.25, 0.3) is 0 Å². The Balaban J connectivity index is 2.13. The zero-order valence-corrected chi connectivity index (χ0v) is 10.7.